The molecule has 3 nitrogen and oxygen atoms in total. The van der Waals surface area contributed by atoms with Crippen LogP contribution in [0.15, 0.2) is 10.7 Å². The van der Waals surface area contributed by atoms with Gasteiger partial charge in [-0.2, -0.15) is 4.98 Å². The third kappa shape index (κ3) is 0.875. The Balaban J connectivity index is 2.19. The minimum atomic E-state index is 0.613. The van der Waals surface area contributed by atoms with Gasteiger partial charge in [0.25, 0.3) is 0 Å². The molecule has 54 valence electrons. The van der Waals surface area contributed by atoms with Gasteiger partial charge in [-0.3, -0.25) is 0 Å². The molecule has 0 spiro atoms. The normalized spacial score (nSPS) is 17.3. The van der Waals surface area contributed by atoms with E-state index in [4.69, 9.17) is 4.42 Å². The molecular weight excluding hydrogens is 128 g/mol. The zero-order chi connectivity index (χ0) is 6.97. The smallest absolute Gasteiger partial charge is 0.199 e. The maximum absolute atomic E-state index is 5.21. The molecule has 1 aliphatic rings. The van der Waals surface area contributed by atoms with Crippen molar-refractivity contribution in [3.05, 3.63) is 12.2 Å². The fraction of sp³-hybridized carbons (Fsp3) is 0.571. The van der Waals surface area contributed by atoms with Crippen molar-refractivity contribution in [1.82, 2.24) is 4.98 Å². The van der Waals surface area contributed by atoms with Crippen LogP contribution in [0.5, 0.6) is 0 Å². The lowest BCUT2D eigenvalue weighted by Gasteiger charge is -1.85. The van der Waals surface area contributed by atoms with Crippen molar-refractivity contribution >= 4 is 5.82 Å². The largest absolute Gasteiger partial charge is 0.446 e. The van der Waals surface area contributed by atoms with Crippen LogP contribution in [0.4, 0.5) is 5.82 Å². The second-order valence-electron chi connectivity index (χ2n) is 2.60. The SMILES string of the molecule is CNc1coc(C2CC2)n1. The molecule has 1 saturated carbocycles. The van der Waals surface area contributed by atoms with E-state index in [-0.39, 0.29) is 0 Å². The molecule has 0 bridgehead atoms. The Kier molecular flexibility index (Phi) is 1.16. The van der Waals surface area contributed by atoms with Crippen LogP contribution in [-0.2, 0) is 0 Å². The molecule has 0 saturated heterocycles. The van der Waals surface area contributed by atoms with Crippen molar-refractivity contribution in [3.63, 3.8) is 0 Å². The van der Waals surface area contributed by atoms with Crippen LogP contribution in [0.3, 0.4) is 0 Å². The molecule has 1 aromatic heterocycles. The molecule has 0 aliphatic heterocycles. The molecule has 0 amide bonds. The van der Waals surface area contributed by atoms with Gasteiger partial charge in [0.05, 0.1) is 0 Å². The minimum Gasteiger partial charge on any atom is -0.446 e. The quantitative estimate of drug-likeness (QED) is 0.674. The summed E-state index contributed by atoms with van der Waals surface area (Å²) in [5, 5.41) is 2.93. The number of aromatic nitrogens is 1. The number of nitrogens with zero attached hydrogens (tertiary/aromatic N) is 1. The van der Waals surface area contributed by atoms with Crippen LogP contribution >= 0.6 is 0 Å². The number of hydrogen-bond acceptors (Lipinski definition) is 3. The zero-order valence-corrected chi connectivity index (χ0v) is 5.92. The van der Waals surface area contributed by atoms with Crippen molar-refractivity contribution in [2.75, 3.05) is 12.4 Å². The summed E-state index contributed by atoms with van der Waals surface area (Å²) in [6.07, 6.45) is 4.14. The molecule has 1 N–H and O–H groups in total. The summed E-state index contributed by atoms with van der Waals surface area (Å²) in [7, 11) is 1.84. The highest BCUT2D eigenvalue weighted by molar-refractivity contribution is 5.30. The first-order valence-corrected chi connectivity index (χ1v) is 3.53. The van der Waals surface area contributed by atoms with Gasteiger partial charge in [-0.25, -0.2) is 0 Å². The van der Waals surface area contributed by atoms with Gasteiger partial charge in [0.1, 0.15) is 6.26 Å². The summed E-state index contributed by atoms with van der Waals surface area (Å²) >= 11 is 0. The van der Waals surface area contributed by atoms with E-state index in [2.05, 4.69) is 10.3 Å². The molecular formula is C7H10N2O. The molecule has 0 radical (unpaired) electrons. The maximum Gasteiger partial charge on any atom is 0.199 e. The predicted octanol–water partition coefficient (Wildman–Crippen LogP) is 1.59. The van der Waals surface area contributed by atoms with Gasteiger partial charge in [0.2, 0.25) is 0 Å². The minimum absolute atomic E-state index is 0.613. The number of nitrogens with one attached hydrogen (secondary N) is 1. The van der Waals surface area contributed by atoms with Crippen LogP contribution in [0, 0.1) is 0 Å². The average molecular weight is 138 g/mol. The van der Waals surface area contributed by atoms with E-state index in [9.17, 15) is 0 Å². The van der Waals surface area contributed by atoms with Gasteiger partial charge in [0, 0.05) is 13.0 Å². The first-order valence-electron chi connectivity index (χ1n) is 3.53. The van der Waals surface area contributed by atoms with E-state index < -0.39 is 0 Å². The highest BCUT2D eigenvalue weighted by Crippen LogP contribution is 2.39. The Morgan fingerprint density at radius 2 is 2.50 bits per heavy atom. The monoisotopic (exact) mass is 138 g/mol. The highest BCUT2D eigenvalue weighted by Gasteiger charge is 2.28. The van der Waals surface area contributed by atoms with Crippen LogP contribution in [-0.4, -0.2) is 12.0 Å². The van der Waals surface area contributed by atoms with Crippen molar-refractivity contribution < 1.29 is 4.42 Å². The molecule has 0 atom stereocenters. The first kappa shape index (κ1) is 5.77. The van der Waals surface area contributed by atoms with Gasteiger partial charge in [-0.15, -0.1) is 0 Å². The number of anilines is 1. The average Bonchev–Trinajstić information content (AvgIpc) is 2.70. The predicted molar refractivity (Wildman–Crippen MR) is 38.0 cm³/mol. The van der Waals surface area contributed by atoms with Gasteiger partial charge >= 0.3 is 0 Å². The van der Waals surface area contributed by atoms with Crippen molar-refractivity contribution in [2.24, 2.45) is 0 Å². The number of hydrogen-bond donors (Lipinski definition) is 1. The Labute approximate surface area is 59.4 Å². The molecule has 1 aliphatic carbocycles. The van der Waals surface area contributed by atoms with E-state index in [0.29, 0.717) is 5.92 Å². The zero-order valence-electron chi connectivity index (χ0n) is 5.92. The second-order valence-corrected chi connectivity index (χ2v) is 2.60. The van der Waals surface area contributed by atoms with E-state index in [0.717, 1.165) is 11.7 Å². The van der Waals surface area contributed by atoms with E-state index in [1.807, 2.05) is 7.05 Å². The van der Waals surface area contributed by atoms with Crippen molar-refractivity contribution in [3.8, 4) is 0 Å². The lowest BCUT2D eigenvalue weighted by Crippen LogP contribution is -1.87. The van der Waals surface area contributed by atoms with E-state index in [1.165, 1.54) is 12.8 Å². The fourth-order valence-corrected chi connectivity index (χ4v) is 0.920. The molecule has 1 aromatic rings. The van der Waals surface area contributed by atoms with Crippen LogP contribution < -0.4 is 5.32 Å². The first-order chi connectivity index (χ1) is 4.90. The molecule has 3 heteroatoms. The highest BCUT2D eigenvalue weighted by atomic mass is 16.3. The molecule has 1 heterocycles. The van der Waals surface area contributed by atoms with E-state index >= 15 is 0 Å². The topological polar surface area (TPSA) is 38.1 Å². The summed E-state index contributed by atoms with van der Waals surface area (Å²) in [5.74, 6) is 2.34. The molecule has 10 heavy (non-hydrogen) atoms. The van der Waals surface area contributed by atoms with Crippen molar-refractivity contribution in [2.45, 2.75) is 18.8 Å². The molecule has 2 rings (SSSR count). The molecule has 1 fully saturated rings. The van der Waals surface area contributed by atoms with Crippen LogP contribution in [0.2, 0.25) is 0 Å². The van der Waals surface area contributed by atoms with Gasteiger partial charge in [0.15, 0.2) is 11.7 Å². The van der Waals surface area contributed by atoms with Crippen molar-refractivity contribution in [1.29, 1.82) is 0 Å². The lowest BCUT2D eigenvalue weighted by molar-refractivity contribution is 0.497. The maximum atomic E-state index is 5.21. The summed E-state index contributed by atoms with van der Waals surface area (Å²) < 4.78 is 5.21. The standard InChI is InChI=1S/C7H10N2O/c1-8-6-4-10-7(9-6)5-2-3-5/h4-5,8H,2-3H2,1H3. The fourth-order valence-electron chi connectivity index (χ4n) is 0.920. The Morgan fingerprint density at radius 1 is 1.70 bits per heavy atom. The van der Waals surface area contributed by atoms with Gasteiger partial charge < -0.3 is 9.73 Å². The third-order valence-electron chi connectivity index (χ3n) is 1.70. The third-order valence-corrected chi connectivity index (χ3v) is 1.70. The second kappa shape index (κ2) is 2.01. The summed E-state index contributed by atoms with van der Waals surface area (Å²) in [6.45, 7) is 0. The lowest BCUT2D eigenvalue weighted by atomic mass is 10.4. The molecule has 0 aromatic carbocycles. The summed E-state index contributed by atoms with van der Waals surface area (Å²) in [6, 6.07) is 0. The number of rotatable bonds is 2. The summed E-state index contributed by atoms with van der Waals surface area (Å²) in [4.78, 5) is 4.21. The number of oxazole rings is 1. The Hall–Kier alpha value is -0.990. The van der Waals surface area contributed by atoms with E-state index in [1.54, 1.807) is 6.26 Å². The van der Waals surface area contributed by atoms with Gasteiger partial charge in [-0.05, 0) is 12.8 Å². The summed E-state index contributed by atoms with van der Waals surface area (Å²) in [5.41, 5.74) is 0. The molecule has 0 unspecified atom stereocenters. The van der Waals surface area contributed by atoms with Gasteiger partial charge in [-0.1, -0.05) is 0 Å². The Morgan fingerprint density at radius 3 is 3.00 bits per heavy atom. The van der Waals surface area contributed by atoms with Crippen LogP contribution in [0.25, 0.3) is 0 Å². The Bertz CT molecular complexity index is 227. The van der Waals surface area contributed by atoms with Crippen LogP contribution in [0.1, 0.15) is 24.7 Å².